The smallest absolute Gasteiger partial charge is 0.259 e. The third-order valence-electron chi connectivity index (χ3n) is 4.57. The number of carbonyl (C=O) groups is 2. The molecule has 2 N–H and O–H groups in total. The van der Waals surface area contributed by atoms with Gasteiger partial charge in [0.25, 0.3) is 5.91 Å². The van der Waals surface area contributed by atoms with Crippen LogP contribution in [0.5, 0.6) is 11.5 Å². The summed E-state index contributed by atoms with van der Waals surface area (Å²) in [6, 6.07) is 22.6. The van der Waals surface area contributed by atoms with E-state index in [1.54, 1.807) is 25.3 Å². The lowest BCUT2D eigenvalue weighted by atomic mass is 10.2. The number of methoxy groups -OCH3 is 1. The highest BCUT2D eigenvalue weighted by Crippen LogP contribution is 2.22. The van der Waals surface area contributed by atoms with Crippen LogP contribution in [-0.2, 0) is 16.2 Å². The van der Waals surface area contributed by atoms with E-state index in [4.69, 9.17) is 9.47 Å². The molecule has 0 radical (unpaired) electrons. The average Bonchev–Trinajstić information content (AvgIpc) is 2.86. The minimum absolute atomic E-state index is 0.209. The molecule has 0 heterocycles. The summed E-state index contributed by atoms with van der Waals surface area (Å²) >= 11 is 3.43. The van der Waals surface area contributed by atoms with Gasteiger partial charge in [-0.25, -0.2) is 5.43 Å². The van der Waals surface area contributed by atoms with Gasteiger partial charge in [0.05, 0.1) is 19.9 Å². The van der Waals surface area contributed by atoms with Crippen molar-refractivity contribution in [2.75, 3.05) is 13.7 Å². The van der Waals surface area contributed by atoms with Crippen LogP contribution in [0.1, 0.15) is 16.7 Å². The molecule has 0 saturated heterocycles. The molecule has 0 saturated carbocycles. The number of hydrogen-bond donors (Lipinski definition) is 2. The summed E-state index contributed by atoms with van der Waals surface area (Å²) in [5, 5.41) is 6.49. The van der Waals surface area contributed by atoms with Crippen LogP contribution in [0.25, 0.3) is 6.08 Å². The second-order valence-electron chi connectivity index (χ2n) is 7.07. The molecule has 0 unspecified atom stereocenters. The maximum absolute atomic E-state index is 12.0. The fourth-order valence-electron chi connectivity index (χ4n) is 2.81. The molecule has 8 heteroatoms. The number of halogens is 1. The Hall–Kier alpha value is -3.91. The molecule has 0 spiro atoms. The molecule has 2 amide bonds. The first-order valence-corrected chi connectivity index (χ1v) is 11.2. The summed E-state index contributed by atoms with van der Waals surface area (Å²) in [5.74, 6) is 0.515. The number of hydrogen-bond acceptors (Lipinski definition) is 5. The van der Waals surface area contributed by atoms with Crippen molar-refractivity contribution >= 4 is 40.0 Å². The van der Waals surface area contributed by atoms with Crippen LogP contribution in [-0.4, -0.2) is 31.7 Å². The highest BCUT2D eigenvalue weighted by molar-refractivity contribution is 9.10. The van der Waals surface area contributed by atoms with Crippen molar-refractivity contribution in [3.63, 3.8) is 0 Å². The predicted molar refractivity (Wildman–Crippen MR) is 136 cm³/mol. The van der Waals surface area contributed by atoms with Crippen LogP contribution in [0.3, 0.4) is 0 Å². The van der Waals surface area contributed by atoms with Gasteiger partial charge in [0.1, 0.15) is 18.1 Å². The monoisotopic (exact) mass is 521 g/mol. The molecule has 0 atom stereocenters. The van der Waals surface area contributed by atoms with Gasteiger partial charge in [-0.2, -0.15) is 5.10 Å². The molecule has 0 aliphatic rings. The molecule has 34 heavy (non-hydrogen) atoms. The zero-order valence-corrected chi connectivity index (χ0v) is 20.1. The molecular formula is C26H24BrN3O4. The molecular weight excluding hydrogens is 498 g/mol. The van der Waals surface area contributed by atoms with Gasteiger partial charge in [-0.3, -0.25) is 9.59 Å². The summed E-state index contributed by atoms with van der Waals surface area (Å²) in [5.41, 5.74) is 4.97. The van der Waals surface area contributed by atoms with Crippen LogP contribution in [0.2, 0.25) is 0 Å². The van der Waals surface area contributed by atoms with E-state index in [0.717, 1.165) is 21.3 Å². The number of ether oxygens (including phenoxy) is 2. The zero-order valence-electron chi connectivity index (χ0n) is 18.5. The van der Waals surface area contributed by atoms with Crippen molar-refractivity contribution in [1.82, 2.24) is 10.7 Å². The molecule has 0 aliphatic carbocycles. The minimum Gasteiger partial charge on any atom is -0.497 e. The number of amides is 2. The van der Waals surface area contributed by atoms with E-state index in [0.29, 0.717) is 17.9 Å². The highest BCUT2D eigenvalue weighted by Gasteiger charge is 2.05. The molecule has 7 nitrogen and oxygen atoms in total. The third kappa shape index (κ3) is 8.22. The average molecular weight is 522 g/mol. The Bertz CT molecular complexity index is 1160. The number of rotatable bonds is 10. The van der Waals surface area contributed by atoms with Gasteiger partial charge in [0, 0.05) is 16.1 Å². The van der Waals surface area contributed by atoms with Gasteiger partial charge < -0.3 is 14.8 Å². The molecule has 0 fully saturated rings. The van der Waals surface area contributed by atoms with E-state index >= 15 is 0 Å². The van der Waals surface area contributed by atoms with Crippen molar-refractivity contribution < 1.29 is 19.1 Å². The Labute approximate surface area is 206 Å². The molecule has 3 aromatic rings. The van der Waals surface area contributed by atoms with Gasteiger partial charge in [0.2, 0.25) is 5.91 Å². The minimum atomic E-state index is -0.454. The first kappa shape index (κ1) is 24.7. The van der Waals surface area contributed by atoms with Crippen LogP contribution in [0, 0.1) is 0 Å². The van der Waals surface area contributed by atoms with Gasteiger partial charge in [-0.1, -0.05) is 58.4 Å². The second-order valence-corrected chi connectivity index (χ2v) is 7.99. The van der Waals surface area contributed by atoms with Crippen molar-refractivity contribution in [3.8, 4) is 11.5 Å². The maximum Gasteiger partial charge on any atom is 0.259 e. The van der Waals surface area contributed by atoms with Crippen LogP contribution < -0.4 is 20.2 Å². The van der Waals surface area contributed by atoms with Crippen molar-refractivity contribution in [3.05, 3.63) is 100 Å². The van der Waals surface area contributed by atoms with Crippen LogP contribution in [0.15, 0.2) is 88.4 Å². The largest absolute Gasteiger partial charge is 0.497 e. The van der Waals surface area contributed by atoms with E-state index in [2.05, 4.69) is 31.8 Å². The van der Waals surface area contributed by atoms with E-state index < -0.39 is 11.8 Å². The topological polar surface area (TPSA) is 89.0 Å². The van der Waals surface area contributed by atoms with Crippen LogP contribution in [0.4, 0.5) is 0 Å². The summed E-state index contributed by atoms with van der Waals surface area (Å²) < 4.78 is 11.8. The SMILES string of the molecule is COc1ccc(/C=C/C(=O)NCC(=O)N/N=C/c2cc(Br)ccc2OCc2ccccc2)cc1. The predicted octanol–water partition coefficient (Wildman–Crippen LogP) is 4.32. The van der Waals surface area contributed by atoms with E-state index in [1.807, 2.05) is 60.7 Å². The van der Waals surface area contributed by atoms with Gasteiger partial charge >= 0.3 is 0 Å². The number of carbonyl (C=O) groups excluding carboxylic acids is 2. The van der Waals surface area contributed by atoms with Gasteiger partial charge in [0.15, 0.2) is 0 Å². The molecule has 0 aromatic heterocycles. The quantitative estimate of drug-likeness (QED) is 0.236. The summed E-state index contributed by atoms with van der Waals surface area (Å²) in [7, 11) is 1.59. The Morgan fingerprint density at radius 1 is 1.03 bits per heavy atom. The van der Waals surface area contributed by atoms with E-state index in [9.17, 15) is 9.59 Å². The van der Waals surface area contributed by atoms with E-state index in [1.165, 1.54) is 12.3 Å². The standard InChI is InChI=1S/C26H24BrN3O4/c1-33-23-11-7-19(8-12-23)9-14-25(31)28-17-26(32)30-29-16-21-15-22(27)10-13-24(21)34-18-20-5-3-2-4-6-20/h2-16H,17-18H2,1H3,(H,28,31)(H,30,32)/b14-9+,29-16+. The highest BCUT2D eigenvalue weighted by atomic mass is 79.9. The Balaban J connectivity index is 1.47. The van der Waals surface area contributed by atoms with Gasteiger partial charge in [-0.15, -0.1) is 0 Å². The third-order valence-corrected chi connectivity index (χ3v) is 5.06. The molecule has 3 aromatic carbocycles. The summed E-state index contributed by atoms with van der Waals surface area (Å²) in [6.07, 6.45) is 4.50. The number of nitrogens with one attached hydrogen (secondary N) is 2. The molecule has 174 valence electrons. The lowest BCUT2D eigenvalue weighted by Gasteiger charge is -2.09. The van der Waals surface area contributed by atoms with Gasteiger partial charge in [-0.05, 0) is 47.5 Å². The van der Waals surface area contributed by atoms with E-state index in [-0.39, 0.29) is 6.54 Å². The fourth-order valence-corrected chi connectivity index (χ4v) is 3.19. The Kier molecular flexibility index (Phi) is 9.42. The number of benzene rings is 3. The van der Waals surface area contributed by atoms with Crippen LogP contribution >= 0.6 is 15.9 Å². The van der Waals surface area contributed by atoms with Crippen molar-refractivity contribution in [2.45, 2.75) is 6.61 Å². The Morgan fingerprint density at radius 2 is 1.79 bits per heavy atom. The fraction of sp³-hybridized carbons (Fsp3) is 0.115. The lowest BCUT2D eigenvalue weighted by Crippen LogP contribution is -2.34. The zero-order chi connectivity index (χ0) is 24.2. The molecule has 0 aliphatic heterocycles. The first-order chi connectivity index (χ1) is 16.5. The lowest BCUT2D eigenvalue weighted by molar-refractivity contribution is -0.123. The maximum atomic E-state index is 12.0. The second kappa shape index (κ2) is 13.0. The summed E-state index contributed by atoms with van der Waals surface area (Å²) in [4.78, 5) is 24.0. The normalized spacial score (nSPS) is 10.9. The van der Waals surface area contributed by atoms with Crippen molar-refractivity contribution in [2.24, 2.45) is 5.10 Å². The number of nitrogens with zero attached hydrogens (tertiary/aromatic N) is 1. The number of hydrazone groups is 1. The molecule has 0 bridgehead atoms. The first-order valence-electron chi connectivity index (χ1n) is 10.4. The summed E-state index contributed by atoms with van der Waals surface area (Å²) in [6.45, 7) is 0.199. The van der Waals surface area contributed by atoms with Crippen molar-refractivity contribution in [1.29, 1.82) is 0 Å². The molecule has 3 rings (SSSR count). The Morgan fingerprint density at radius 3 is 2.53 bits per heavy atom.